The molecule has 1 rings (SSSR count). The highest BCUT2D eigenvalue weighted by atomic mass is 16.3. The molecule has 1 aromatic carbocycles. The Labute approximate surface area is 73.0 Å². The van der Waals surface area contributed by atoms with Gasteiger partial charge in [0.15, 0.2) is 0 Å². The summed E-state index contributed by atoms with van der Waals surface area (Å²) in [5, 5.41) is 9.06. The van der Waals surface area contributed by atoms with Crippen LogP contribution in [-0.4, -0.2) is 18.3 Å². The molecule has 0 bridgehead atoms. The molecule has 3 N–H and O–H groups in total. The maximum Gasteiger partial charge on any atom is 0.0500 e. The minimum absolute atomic E-state index is 0.182. The zero-order valence-corrected chi connectivity index (χ0v) is 7.11. The molecule has 0 saturated heterocycles. The van der Waals surface area contributed by atoms with Gasteiger partial charge in [0.2, 0.25) is 0 Å². The van der Waals surface area contributed by atoms with Crippen LogP contribution in [0.4, 0.5) is 0 Å². The van der Waals surface area contributed by atoms with Crippen molar-refractivity contribution in [1.82, 2.24) is 0 Å². The molecule has 12 heavy (non-hydrogen) atoms. The van der Waals surface area contributed by atoms with Crippen molar-refractivity contribution in [3.8, 4) is 0 Å². The highest BCUT2D eigenvalue weighted by Crippen LogP contribution is 2.17. The molecular weight excluding hydrogens is 150 g/mol. The number of aliphatic hydroxyl groups excluding tert-OH is 1. The summed E-state index contributed by atoms with van der Waals surface area (Å²) in [5.41, 5.74) is 6.60. The zero-order valence-electron chi connectivity index (χ0n) is 7.11. The van der Waals surface area contributed by atoms with Gasteiger partial charge in [0.1, 0.15) is 0 Å². The lowest BCUT2D eigenvalue weighted by molar-refractivity contribution is 0.260. The summed E-state index contributed by atoms with van der Waals surface area (Å²) in [4.78, 5) is 0. The van der Waals surface area contributed by atoms with E-state index in [-0.39, 0.29) is 12.5 Å². The van der Waals surface area contributed by atoms with Crippen molar-refractivity contribution in [2.75, 3.05) is 13.2 Å². The summed E-state index contributed by atoms with van der Waals surface area (Å²) in [6.07, 6.45) is 0.848. The van der Waals surface area contributed by atoms with Crippen LogP contribution in [-0.2, 0) is 0 Å². The molecule has 0 fully saturated rings. The molecule has 0 heterocycles. The Morgan fingerprint density at radius 1 is 1.25 bits per heavy atom. The second-order valence-electron chi connectivity index (χ2n) is 2.87. The fourth-order valence-electron chi connectivity index (χ4n) is 1.29. The standard InChI is InChI=1S/C10H15NO/c11-7-6-10(8-12)9-4-2-1-3-5-9/h1-5,10,12H,6-8,11H2/t10-/m1/s1. The van der Waals surface area contributed by atoms with E-state index in [1.165, 1.54) is 5.56 Å². The van der Waals surface area contributed by atoms with Crippen LogP contribution in [0.25, 0.3) is 0 Å². The van der Waals surface area contributed by atoms with E-state index in [1.807, 2.05) is 30.3 Å². The molecule has 2 nitrogen and oxygen atoms in total. The maximum atomic E-state index is 9.06. The van der Waals surface area contributed by atoms with Gasteiger partial charge in [-0.05, 0) is 18.5 Å². The maximum absolute atomic E-state index is 9.06. The van der Waals surface area contributed by atoms with Crippen molar-refractivity contribution in [2.24, 2.45) is 5.73 Å². The monoisotopic (exact) mass is 165 g/mol. The molecule has 0 aliphatic rings. The number of nitrogens with two attached hydrogens (primary N) is 1. The number of aliphatic hydroxyl groups is 1. The first-order valence-corrected chi connectivity index (χ1v) is 4.24. The molecule has 0 saturated carbocycles. The summed E-state index contributed by atoms with van der Waals surface area (Å²) in [5.74, 6) is 0.205. The molecule has 0 unspecified atom stereocenters. The number of hydrogen-bond acceptors (Lipinski definition) is 2. The Morgan fingerprint density at radius 3 is 2.42 bits per heavy atom. The predicted molar refractivity (Wildman–Crippen MR) is 49.9 cm³/mol. The van der Waals surface area contributed by atoms with Gasteiger partial charge < -0.3 is 10.8 Å². The van der Waals surface area contributed by atoms with Crippen LogP contribution in [0.15, 0.2) is 30.3 Å². The van der Waals surface area contributed by atoms with Crippen molar-refractivity contribution in [3.63, 3.8) is 0 Å². The first-order chi connectivity index (χ1) is 5.88. The fourth-order valence-corrected chi connectivity index (χ4v) is 1.29. The van der Waals surface area contributed by atoms with Crippen LogP contribution in [0.5, 0.6) is 0 Å². The Balaban J connectivity index is 2.66. The van der Waals surface area contributed by atoms with Crippen LogP contribution < -0.4 is 5.73 Å². The molecule has 1 aromatic rings. The molecule has 0 spiro atoms. The Kier molecular flexibility index (Phi) is 3.77. The third-order valence-corrected chi connectivity index (χ3v) is 2.01. The number of rotatable bonds is 4. The Hall–Kier alpha value is -0.860. The van der Waals surface area contributed by atoms with Gasteiger partial charge in [-0.2, -0.15) is 0 Å². The summed E-state index contributed by atoms with van der Waals surface area (Å²) < 4.78 is 0. The Morgan fingerprint density at radius 2 is 1.92 bits per heavy atom. The average Bonchev–Trinajstić information content (AvgIpc) is 2.15. The summed E-state index contributed by atoms with van der Waals surface area (Å²) in [6.45, 7) is 0.807. The molecule has 0 aliphatic heterocycles. The summed E-state index contributed by atoms with van der Waals surface area (Å²) >= 11 is 0. The second kappa shape index (κ2) is 4.91. The highest BCUT2D eigenvalue weighted by Gasteiger charge is 2.07. The van der Waals surface area contributed by atoms with E-state index >= 15 is 0 Å². The zero-order chi connectivity index (χ0) is 8.81. The number of benzene rings is 1. The van der Waals surface area contributed by atoms with Gasteiger partial charge in [-0.25, -0.2) is 0 Å². The van der Waals surface area contributed by atoms with Gasteiger partial charge in [0.25, 0.3) is 0 Å². The second-order valence-corrected chi connectivity index (χ2v) is 2.87. The van der Waals surface area contributed by atoms with Gasteiger partial charge in [-0.15, -0.1) is 0 Å². The lowest BCUT2D eigenvalue weighted by atomic mass is 9.97. The van der Waals surface area contributed by atoms with E-state index in [0.717, 1.165) is 6.42 Å². The topological polar surface area (TPSA) is 46.2 Å². The lowest BCUT2D eigenvalue weighted by Gasteiger charge is -2.12. The molecule has 2 heteroatoms. The SMILES string of the molecule is NCC[C@H](CO)c1ccccc1. The summed E-state index contributed by atoms with van der Waals surface area (Å²) in [6, 6.07) is 9.98. The van der Waals surface area contributed by atoms with Gasteiger partial charge in [-0.3, -0.25) is 0 Å². The van der Waals surface area contributed by atoms with Gasteiger partial charge in [0.05, 0.1) is 0 Å². The largest absolute Gasteiger partial charge is 0.396 e. The first-order valence-electron chi connectivity index (χ1n) is 4.24. The highest BCUT2D eigenvalue weighted by molar-refractivity contribution is 5.19. The normalized spacial score (nSPS) is 12.8. The van der Waals surface area contributed by atoms with Gasteiger partial charge in [-0.1, -0.05) is 30.3 Å². The van der Waals surface area contributed by atoms with E-state index in [0.29, 0.717) is 6.54 Å². The van der Waals surface area contributed by atoms with Crippen LogP contribution in [0.3, 0.4) is 0 Å². The van der Waals surface area contributed by atoms with Crippen LogP contribution in [0.1, 0.15) is 17.9 Å². The third kappa shape index (κ3) is 2.32. The van der Waals surface area contributed by atoms with Crippen molar-refractivity contribution in [2.45, 2.75) is 12.3 Å². The van der Waals surface area contributed by atoms with E-state index in [4.69, 9.17) is 10.8 Å². The predicted octanol–water partition coefficient (Wildman–Crippen LogP) is 1.11. The molecule has 0 aromatic heterocycles. The minimum Gasteiger partial charge on any atom is -0.396 e. The Bertz CT molecular complexity index is 210. The lowest BCUT2D eigenvalue weighted by Crippen LogP contribution is -2.10. The first kappa shape index (κ1) is 9.23. The van der Waals surface area contributed by atoms with Crippen LogP contribution in [0.2, 0.25) is 0 Å². The third-order valence-electron chi connectivity index (χ3n) is 2.01. The van der Waals surface area contributed by atoms with E-state index in [1.54, 1.807) is 0 Å². The molecule has 0 radical (unpaired) electrons. The van der Waals surface area contributed by atoms with Crippen molar-refractivity contribution in [3.05, 3.63) is 35.9 Å². The van der Waals surface area contributed by atoms with Gasteiger partial charge >= 0.3 is 0 Å². The van der Waals surface area contributed by atoms with Crippen molar-refractivity contribution < 1.29 is 5.11 Å². The van der Waals surface area contributed by atoms with Gasteiger partial charge in [0, 0.05) is 12.5 Å². The van der Waals surface area contributed by atoms with Crippen molar-refractivity contribution in [1.29, 1.82) is 0 Å². The molecular formula is C10H15NO. The molecule has 66 valence electrons. The van der Waals surface area contributed by atoms with E-state index < -0.39 is 0 Å². The van der Waals surface area contributed by atoms with Crippen LogP contribution >= 0.6 is 0 Å². The van der Waals surface area contributed by atoms with Crippen molar-refractivity contribution >= 4 is 0 Å². The minimum atomic E-state index is 0.182. The average molecular weight is 165 g/mol. The van der Waals surface area contributed by atoms with E-state index in [9.17, 15) is 0 Å². The molecule has 1 atom stereocenters. The number of hydrogen-bond donors (Lipinski definition) is 2. The molecule has 0 aliphatic carbocycles. The smallest absolute Gasteiger partial charge is 0.0500 e. The van der Waals surface area contributed by atoms with Crippen LogP contribution in [0, 0.1) is 0 Å². The summed E-state index contributed by atoms with van der Waals surface area (Å²) in [7, 11) is 0. The fraction of sp³-hybridized carbons (Fsp3) is 0.400. The quantitative estimate of drug-likeness (QED) is 0.702. The molecule has 0 amide bonds. The van der Waals surface area contributed by atoms with E-state index in [2.05, 4.69) is 0 Å².